The van der Waals surface area contributed by atoms with Gasteiger partial charge in [0.15, 0.2) is 5.60 Å². The summed E-state index contributed by atoms with van der Waals surface area (Å²) in [4.78, 5) is 13.2. The molecule has 0 bridgehead atoms. The molecule has 0 spiro atoms. The minimum atomic E-state index is -4.78. The number of likely N-dealkylation sites (tertiary alicyclic amines) is 1. The first-order chi connectivity index (χ1) is 9.68. The van der Waals surface area contributed by atoms with Crippen molar-refractivity contribution in [2.75, 3.05) is 20.2 Å². The SMILES string of the molecule is COc1ccc(Cl)cc1C(=O)N1CC[C@@](O)(C(F)(F)F)C1. The van der Waals surface area contributed by atoms with E-state index in [9.17, 15) is 23.1 Å². The van der Waals surface area contributed by atoms with E-state index < -0.39 is 30.7 Å². The van der Waals surface area contributed by atoms with E-state index in [0.29, 0.717) is 0 Å². The molecule has 0 saturated carbocycles. The fourth-order valence-corrected chi connectivity index (χ4v) is 2.39. The Bertz CT molecular complexity index is 564. The second-order valence-electron chi connectivity index (χ2n) is 4.85. The number of β-amino-alcohol motifs (C(OH)–C–C–N with tert-alkyl or cyclic N) is 1. The van der Waals surface area contributed by atoms with Crippen LogP contribution in [0.4, 0.5) is 13.2 Å². The second kappa shape index (κ2) is 5.38. The van der Waals surface area contributed by atoms with Crippen LogP contribution in [0.5, 0.6) is 5.75 Å². The maximum Gasteiger partial charge on any atom is 0.419 e. The number of hydrogen-bond donors (Lipinski definition) is 1. The van der Waals surface area contributed by atoms with E-state index in [0.717, 1.165) is 4.90 Å². The summed E-state index contributed by atoms with van der Waals surface area (Å²) >= 11 is 5.80. The number of hydrogen-bond acceptors (Lipinski definition) is 3. The molecule has 1 amide bonds. The maximum absolute atomic E-state index is 12.8. The van der Waals surface area contributed by atoms with E-state index in [-0.39, 0.29) is 22.9 Å². The second-order valence-corrected chi connectivity index (χ2v) is 5.29. The van der Waals surface area contributed by atoms with Crippen LogP contribution in [-0.2, 0) is 0 Å². The molecule has 1 aliphatic rings. The van der Waals surface area contributed by atoms with Gasteiger partial charge in [-0.15, -0.1) is 0 Å². The molecule has 1 fully saturated rings. The average Bonchev–Trinajstić information content (AvgIpc) is 2.81. The van der Waals surface area contributed by atoms with Crippen molar-refractivity contribution in [3.05, 3.63) is 28.8 Å². The molecule has 4 nitrogen and oxygen atoms in total. The van der Waals surface area contributed by atoms with Crippen molar-refractivity contribution >= 4 is 17.5 Å². The third-order valence-electron chi connectivity index (χ3n) is 3.45. The number of carbonyl (C=O) groups excluding carboxylic acids is 1. The highest BCUT2D eigenvalue weighted by atomic mass is 35.5. The Morgan fingerprint density at radius 3 is 2.67 bits per heavy atom. The zero-order chi connectivity index (χ0) is 15.8. The number of carbonyl (C=O) groups is 1. The molecule has 21 heavy (non-hydrogen) atoms. The molecule has 1 aliphatic heterocycles. The lowest BCUT2D eigenvalue weighted by atomic mass is 10.0. The van der Waals surface area contributed by atoms with Crippen molar-refractivity contribution in [2.24, 2.45) is 0 Å². The molecule has 0 unspecified atom stereocenters. The van der Waals surface area contributed by atoms with E-state index in [2.05, 4.69) is 0 Å². The van der Waals surface area contributed by atoms with Gasteiger partial charge in [0.1, 0.15) is 5.75 Å². The molecule has 1 aromatic carbocycles. The van der Waals surface area contributed by atoms with Gasteiger partial charge in [0.25, 0.3) is 5.91 Å². The topological polar surface area (TPSA) is 49.8 Å². The molecule has 1 atom stereocenters. The molecule has 1 aromatic rings. The fourth-order valence-electron chi connectivity index (χ4n) is 2.22. The Morgan fingerprint density at radius 2 is 2.14 bits per heavy atom. The zero-order valence-corrected chi connectivity index (χ0v) is 11.8. The van der Waals surface area contributed by atoms with Crippen LogP contribution in [0.15, 0.2) is 18.2 Å². The van der Waals surface area contributed by atoms with Gasteiger partial charge in [-0.25, -0.2) is 0 Å². The molecule has 116 valence electrons. The number of benzene rings is 1. The first kappa shape index (κ1) is 15.9. The standard InChI is InChI=1S/C13H13ClF3NO3/c1-21-10-3-2-8(14)6-9(10)11(19)18-5-4-12(20,7-18)13(15,16)17/h2-3,6,20H,4-5,7H2,1H3/t12-/m0/s1. The molecule has 0 aromatic heterocycles. The molecule has 0 radical (unpaired) electrons. The minimum Gasteiger partial charge on any atom is -0.496 e. The number of rotatable bonds is 2. The largest absolute Gasteiger partial charge is 0.496 e. The van der Waals surface area contributed by atoms with Gasteiger partial charge >= 0.3 is 6.18 Å². The van der Waals surface area contributed by atoms with E-state index >= 15 is 0 Å². The van der Waals surface area contributed by atoms with Gasteiger partial charge in [0, 0.05) is 18.0 Å². The van der Waals surface area contributed by atoms with Gasteiger partial charge in [-0.2, -0.15) is 13.2 Å². The monoisotopic (exact) mass is 323 g/mol. The summed E-state index contributed by atoms with van der Waals surface area (Å²) in [6.07, 6.45) is -5.33. The Morgan fingerprint density at radius 1 is 1.48 bits per heavy atom. The van der Waals surface area contributed by atoms with E-state index in [1.165, 1.54) is 25.3 Å². The number of methoxy groups -OCH3 is 1. The van der Waals surface area contributed by atoms with Crippen LogP contribution in [-0.4, -0.2) is 47.9 Å². The van der Waals surface area contributed by atoms with Gasteiger partial charge in [0.2, 0.25) is 0 Å². The Kier molecular flexibility index (Phi) is 4.08. The normalized spacial score (nSPS) is 22.5. The molecular weight excluding hydrogens is 311 g/mol. The number of aliphatic hydroxyl groups is 1. The summed E-state index contributed by atoms with van der Waals surface area (Å²) in [5.74, 6) is -0.443. The molecule has 0 aliphatic carbocycles. The van der Waals surface area contributed by atoms with Gasteiger partial charge in [0.05, 0.1) is 19.2 Å². The third kappa shape index (κ3) is 2.94. The summed E-state index contributed by atoms with van der Waals surface area (Å²) < 4.78 is 43.3. The zero-order valence-electron chi connectivity index (χ0n) is 11.1. The van der Waals surface area contributed by atoms with Crippen LogP contribution < -0.4 is 4.74 Å². The lowest BCUT2D eigenvalue weighted by Gasteiger charge is -2.26. The van der Waals surface area contributed by atoms with Crippen molar-refractivity contribution < 1.29 is 27.8 Å². The highest BCUT2D eigenvalue weighted by Crippen LogP contribution is 2.38. The smallest absolute Gasteiger partial charge is 0.419 e. The fraction of sp³-hybridized carbons (Fsp3) is 0.462. The summed E-state index contributed by atoms with van der Waals surface area (Å²) in [5, 5.41) is 9.87. The van der Waals surface area contributed by atoms with Gasteiger partial charge in [-0.05, 0) is 18.2 Å². The summed E-state index contributed by atoms with van der Waals surface area (Å²) in [6.45, 7) is -0.991. The summed E-state index contributed by atoms with van der Waals surface area (Å²) in [7, 11) is 1.34. The molecule has 1 saturated heterocycles. The van der Waals surface area contributed by atoms with Crippen LogP contribution in [0.3, 0.4) is 0 Å². The van der Waals surface area contributed by atoms with Crippen LogP contribution in [0, 0.1) is 0 Å². The van der Waals surface area contributed by atoms with Crippen molar-refractivity contribution in [3.8, 4) is 5.75 Å². The van der Waals surface area contributed by atoms with Gasteiger partial charge in [-0.1, -0.05) is 11.6 Å². The number of alkyl halides is 3. The predicted octanol–water partition coefficient (Wildman–Crippen LogP) is 2.49. The highest BCUT2D eigenvalue weighted by Gasteiger charge is 2.57. The van der Waals surface area contributed by atoms with Crippen LogP contribution in [0.25, 0.3) is 0 Å². The molecule has 8 heteroatoms. The molecule has 1 heterocycles. The van der Waals surface area contributed by atoms with Crippen molar-refractivity contribution in [2.45, 2.75) is 18.2 Å². The van der Waals surface area contributed by atoms with Crippen LogP contribution in [0.1, 0.15) is 16.8 Å². The number of amides is 1. The lowest BCUT2D eigenvalue weighted by molar-refractivity contribution is -0.253. The number of nitrogens with zero attached hydrogens (tertiary/aromatic N) is 1. The number of halogens is 4. The van der Waals surface area contributed by atoms with Crippen LogP contribution >= 0.6 is 11.6 Å². The quantitative estimate of drug-likeness (QED) is 0.909. The van der Waals surface area contributed by atoms with Crippen LogP contribution in [0.2, 0.25) is 5.02 Å². The summed E-state index contributed by atoms with van der Waals surface area (Å²) in [6, 6.07) is 4.29. The van der Waals surface area contributed by atoms with Gasteiger partial charge < -0.3 is 14.7 Å². The van der Waals surface area contributed by atoms with Crippen molar-refractivity contribution in [1.29, 1.82) is 0 Å². The average molecular weight is 324 g/mol. The summed E-state index contributed by atoms with van der Waals surface area (Å²) in [5.41, 5.74) is -2.80. The molecule has 1 N–H and O–H groups in total. The van der Waals surface area contributed by atoms with Gasteiger partial charge in [-0.3, -0.25) is 4.79 Å². The predicted molar refractivity (Wildman–Crippen MR) is 69.5 cm³/mol. The first-order valence-corrected chi connectivity index (χ1v) is 6.48. The lowest BCUT2D eigenvalue weighted by Crippen LogP contribution is -2.48. The first-order valence-electron chi connectivity index (χ1n) is 6.10. The molecule has 2 rings (SSSR count). The Labute approximate surface area is 124 Å². The van der Waals surface area contributed by atoms with E-state index in [1.807, 2.05) is 0 Å². The van der Waals surface area contributed by atoms with Crippen molar-refractivity contribution in [3.63, 3.8) is 0 Å². The minimum absolute atomic E-state index is 0.0661. The maximum atomic E-state index is 12.8. The third-order valence-corrected chi connectivity index (χ3v) is 3.69. The Hall–Kier alpha value is -1.47. The highest BCUT2D eigenvalue weighted by molar-refractivity contribution is 6.31. The van der Waals surface area contributed by atoms with E-state index in [1.54, 1.807) is 0 Å². The number of ether oxygens (including phenoxy) is 1. The molecular formula is C13H13ClF3NO3. The van der Waals surface area contributed by atoms with E-state index in [4.69, 9.17) is 16.3 Å². The Balaban J connectivity index is 2.25. The van der Waals surface area contributed by atoms with Crippen molar-refractivity contribution in [1.82, 2.24) is 4.90 Å².